The molecule has 14 heteroatoms. The maximum atomic E-state index is 15.4. The van der Waals surface area contributed by atoms with Crippen LogP contribution in [0.25, 0.3) is 22.2 Å². The van der Waals surface area contributed by atoms with Crippen LogP contribution in [-0.2, 0) is 13.1 Å². The standard InChI is InChI=1S/C30H27ClFN7O5/c1-43-21-6-2-17(3-7-21)15-39-28-26(27(36-39)35-20-9-11-38(16-20)30(41)42)22(8-10-33-28)18-4-5-19(23(32)12-18)14-34-29(40)24-13-25(31)44-37-24/h2-8,10,12-13,20H,9,11,14-16H2,1H3,(H,34,40)(H,35,36)(H,41,42)/t20-/m1/s1. The lowest BCUT2D eigenvalue weighted by Gasteiger charge is -2.14. The second-order valence-electron chi connectivity index (χ2n) is 10.3. The number of nitrogens with zero attached hydrogens (tertiary/aromatic N) is 5. The fraction of sp³-hybridized carbons (Fsp3) is 0.233. The van der Waals surface area contributed by atoms with Gasteiger partial charge in [0.05, 0.1) is 19.0 Å². The molecule has 0 aliphatic carbocycles. The first-order valence-corrected chi connectivity index (χ1v) is 14.1. The molecule has 1 fully saturated rings. The van der Waals surface area contributed by atoms with Crippen LogP contribution in [0.15, 0.2) is 65.3 Å². The van der Waals surface area contributed by atoms with Crippen LogP contribution >= 0.6 is 11.6 Å². The largest absolute Gasteiger partial charge is 0.497 e. The van der Waals surface area contributed by atoms with Crippen molar-refractivity contribution in [2.75, 3.05) is 25.5 Å². The molecule has 1 saturated heterocycles. The van der Waals surface area contributed by atoms with Gasteiger partial charge in [0.25, 0.3) is 5.91 Å². The van der Waals surface area contributed by atoms with Gasteiger partial charge in [-0.1, -0.05) is 29.4 Å². The highest BCUT2D eigenvalue weighted by atomic mass is 35.5. The highest BCUT2D eigenvalue weighted by molar-refractivity contribution is 6.29. The third kappa shape index (κ3) is 5.99. The molecular weight excluding hydrogens is 593 g/mol. The van der Waals surface area contributed by atoms with Crippen LogP contribution in [0.4, 0.5) is 15.0 Å². The molecule has 1 aliphatic rings. The molecule has 6 rings (SSSR count). The highest BCUT2D eigenvalue weighted by Gasteiger charge is 2.28. The van der Waals surface area contributed by atoms with E-state index in [0.29, 0.717) is 54.0 Å². The van der Waals surface area contributed by atoms with Crippen molar-refractivity contribution in [3.05, 3.63) is 88.7 Å². The maximum absolute atomic E-state index is 15.4. The maximum Gasteiger partial charge on any atom is 0.407 e. The van der Waals surface area contributed by atoms with Gasteiger partial charge in [0.1, 0.15) is 11.6 Å². The molecule has 226 valence electrons. The number of likely N-dealkylation sites (tertiary alicyclic amines) is 1. The quantitative estimate of drug-likeness (QED) is 0.207. The number of nitrogens with one attached hydrogen (secondary N) is 2. The number of pyridine rings is 1. The molecule has 44 heavy (non-hydrogen) atoms. The molecule has 1 atom stereocenters. The van der Waals surface area contributed by atoms with Crippen LogP contribution in [0.2, 0.25) is 5.22 Å². The molecule has 4 heterocycles. The molecule has 0 radical (unpaired) electrons. The van der Waals surface area contributed by atoms with E-state index < -0.39 is 17.8 Å². The summed E-state index contributed by atoms with van der Waals surface area (Å²) < 4.78 is 27.1. The van der Waals surface area contributed by atoms with Gasteiger partial charge in [-0.2, -0.15) is 5.10 Å². The number of amides is 2. The second-order valence-corrected chi connectivity index (χ2v) is 10.6. The average molecular weight is 620 g/mol. The minimum atomic E-state index is -0.969. The number of hydrogen-bond donors (Lipinski definition) is 3. The molecule has 0 spiro atoms. The van der Waals surface area contributed by atoms with Crippen molar-refractivity contribution in [3.8, 4) is 16.9 Å². The van der Waals surface area contributed by atoms with E-state index >= 15 is 4.39 Å². The molecule has 3 aromatic heterocycles. The molecular formula is C30H27ClFN7O5. The normalized spacial score (nSPS) is 14.6. The fourth-order valence-electron chi connectivity index (χ4n) is 5.18. The van der Waals surface area contributed by atoms with Gasteiger partial charge in [-0.05, 0) is 59.0 Å². The van der Waals surface area contributed by atoms with Crippen LogP contribution in [0.3, 0.4) is 0 Å². The zero-order valence-corrected chi connectivity index (χ0v) is 24.2. The van der Waals surface area contributed by atoms with Gasteiger partial charge in [0.15, 0.2) is 17.2 Å². The van der Waals surface area contributed by atoms with Gasteiger partial charge in [0.2, 0.25) is 5.22 Å². The second kappa shape index (κ2) is 12.2. The van der Waals surface area contributed by atoms with Crippen molar-refractivity contribution in [2.24, 2.45) is 0 Å². The summed E-state index contributed by atoms with van der Waals surface area (Å²) in [5.41, 5.74) is 3.09. The predicted molar refractivity (Wildman–Crippen MR) is 159 cm³/mol. The number of fused-ring (bicyclic) bond motifs is 1. The fourth-order valence-corrected chi connectivity index (χ4v) is 5.32. The van der Waals surface area contributed by atoms with Crippen molar-refractivity contribution in [2.45, 2.75) is 25.6 Å². The summed E-state index contributed by atoms with van der Waals surface area (Å²) in [7, 11) is 1.61. The first-order chi connectivity index (χ1) is 21.3. The molecule has 0 saturated carbocycles. The smallest absolute Gasteiger partial charge is 0.407 e. The lowest BCUT2D eigenvalue weighted by Crippen LogP contribution is -2.30. The van der Waals surface area contributed by atoms with E-state index in [1.807, 2.05) is 24.3 Å². The number of carbonyl (C=O) groups excluding carboxylic acids is 1. The van der Waals surface area contributed by atoms with Gasteiger partial charge in [0, 0.05) is 43.5 Å². The molecule has 12 nitrogen and oxygen atoms in total. The Labute approximate surface area is 255 Å². The van der Waals surface area contributed by atoms with E-state index in [-0.39, 0.29) is 29.1 Å². The van der Waals surface area contributed by atoms with E-state index in [1.54, 1.807) is 36.2 Å². The SMILES string of the molecule is COc1ccc(Cn2nc(N[C@@H]3CCN(C(=O)O)C3)c3c(-c4ccc(CNC(=O)c5cc(Cl)on5)c(F)c4)ccnc32)cc1. The summed E-state index contributed by atoms with van der Waals surface area (Å²) in [6.07, 6.45) is 1.29. The van der Waals surface area contributed by atoms with Gasteiger partial charge in [-0.15, -0.1) is 0 Å². The number of halogens is 2. The number of rotatable bonds is 9. The minimum absolute atomic E-state index is 0.00775. The highest BCUT2D eigenvalue weighted by Crippen LogP contribution is 2.35. The van der Waals surface area contributed by atoms with E-state index in [9.17, 15) is 14.7 Å². The summed E-state index contributed by atoms with van der Waals surface area (Å²) in [6, 6.07) is 15.3. The Balaban J connectivity index is 1.32. The minimum Gasteiger partial charge on any atom is -0.497 e. The molecule has 3 N–H and O–H groups in total. The number of hydrogen-bond acceptors (Lipinski definition) is 8. The Bertz CT molecular complexity index is 1840. The Morgan fingerprint density at radius 1 is 1.18 bits per heavy atom. The number of carbonyl (C=O) groups is 2. The van der Waals surface area contributed by atoms with Crippen LogP contribution in [0.5, 0.6) is 5.75 Å². The van der Waals surface area contributed by atoms with Gasteiger partial charge in [-0.25, -0.2) is 18.9 Å². The summed E-state index contributed by atoms with van der Waals surface area (Å²) in [5, 5.41) is 24.5. The van der Waals surface area contributed by atoms with Crippen molar-refractivity contribution in [1.82, 2.24) is 30.1 Å². The van der Waals surface area contributed by atoms with Crippen LogP contribution in [0, 0.1) is 5.82 Å². The summed E-state index contributed by atoms with van der Waals surface area (Å²) in [6.45, 7) is 1.06. The van der Waals surface area contributed by atoms with E-state index in [1.165, 1.54) is 17.0 Å². The zero-order valence-electron chi connectivity index (χ0n) is 23.5. The third-order valence-electron chi connectivity index (χ3n) is 7.44. The van der Waals surface area contributed by atoms with Crippen molar-refractivity contribution in [3.63, 3.8) is 0 Å². The lowest BCUT2D eigenvalue weighted by atomic mass is 10.0. The number of aromatic nitrogens is 4. The molecule has 1 aliphatic heterocycles. The van der Waals surface area contributed by atoms with E-state index in [0.717, 1.165) is 11.3 Å². The van der Waals surface area contributed by atoms with Crippen LogP contribution in [0.1, 0.15) is 28.0 Å². The zero-order chi connectivity index (χ0) is 30.8. The van der Waals surface area contributed by atoms with Gasteiger partial charge < -0.3 is 29.9 Å². The predicted octanol–water partition coefficient (Wildman–Crippen LogP) is 5.03. The average Bonchev–Trinajstić information content (AvgIpc) is 3.76. The van der Waals surface area contributed by atoms with Crippen molar-refractivity contribution in [1.29, 1.82) is 0 Å². The molecule has 2 aromatic carbocycles. The first kappa shape index (κ1) is 28.9. The third-order valence-corrected chi connectivity index (χ3v) is 7.62. The number of anilines is 1. The summed E-state index contributed by atoms with van der Waals surface area (Å²) in [4.78, 5) is 29.8. The van der Waals surface area contributed by atoms with Crippen LogP contribution in [-0.4, -0.2) is 68.2 Å². The Morgan fingerprint density at radius 3 is 2.68 bits per heavy atom. The van der Waals surface area contributed by atoms with Crippen molar-refractivity contribution >= 4 is 40.5 Å². The Morgan fingerprint density at radius 2 is 2.00 bits per heavy atom. The first-order valence-electron chi connectivity index (χ1n) is 13.7. The topological polar surface area (TPSA) is 148 Å². The van der Waals surface area contributed by atoms with Crippen LogP contribution < -0.4 is 15.4 Å². The number of ether oxygens (including phenoxy) is 1. The number of methoxy groups -OCH3 is 1. The summed E-state index contributed by atoms with van der Waals surface area (Å²) in [5.74, 6) is 0.197. The molecule has 0 unspecified atom stereocenters. The molecule has 5 aromatic rings. The molecule has 2 amide bonds. The summed E-state index contributed by atoms with van der Waals surface area (Å²) >= 11 is 5.68. The Kier molecular flexibility index (Phi) is 8.03. The Hall–Kier alpha value is -5.17. The van der Waals surface area contributed by atoms with Crippen molar-refractivity contribution < 1.29 is 28.3 Å². The number of benzene rings is 2. The van der Waals surface area contributed by atoms with Gasteiger partial charge in [-0.3, -0.25) is 4.79 Å². The van der Waals surface area contributed by atoms with E-state index in [4.69, 9.17) is 26.0 Å². The monoisotopic (exact) mass is 619 g/mol. The van der Waals surface area contributed by atoms with E-state index in [2.05, 4.69) is 20.8 Å². The molecule has 0 bridgehead atoms. The lowest BCUT2D eigenvalue weighted by molar-refractivity contribution is 0.0941. The van der Waals surface area contributed by atoms with Gasteiger partial charge >= 0.3 is 6.09 Å². The number of carboxylic acid groups (broad SMARTS) is 1.